The molecule has 0 aliphatic carbocycles. The van der Waals surface area contributed by atoms with Crippen LogP contribution in [0.3, 0.4) is 0 Å². The number of ether oxygens (including phenoxy) is 1. The first-order valence-electron chi connectivity index (χ1n) is 5.52. The minimum absolute atomic E-state index is 0.279. The molecule has 1 aromatic rings. The van der Waals surface area contributed by atoms with Gasteiger partial charge in [-0.2, -0.15) is 0 Å². The summed E-state index contributed by atoms with van der Waals surface area (Å²) in [5.74, 6) is -1.37. The van der Waals surface area contributed by atoms with Gasteiger partial charge in [-0.25, -0.2) is 4.98 Å². The van der Waals surface area contributed by atoms with Crippen molar-refractivity contribution in [2.24, 2.45) is 0 Å². The number of amides is 1. The SMILES string of the molecule is CCCN(CC(=O)O)C(=O)c1csc(COC)n1. The van der Waals surface area contributed by atoms with Crippen molar-refractivity contribution in [2.45, 2.75) is 20.0 Å². The number of hydrogen-bond donors (Lipinski definition) is 1. The maximum atomic E-state index is 12.1. The predicted molar refractivity (Wildman–Crippen MR) is 66.7 cm³/mol. The topological polar surface area (TPSA) is 79.7 Å². The molecule has 0 aliphatic heterocycles. The monoisotopic (exact) mass is 272 g/mol. The van der Waals surface area contributed by atoms with E-state index in [4.69, 9.17) is 9.84 Å². The summed E-state index contributed by atoms with van der Waals surface area (Å²) in [6, 6.07) is 0. The minimum atomic E-state index is -1.02. The van der Waals surface area contributed by atoms with E-state index in [1.54, 1.807) is 12.5 Å². The van der Waals surface area contributed by atoms with Crippen LogP contribution in [0.5, 0.6) is 0 Å². The van der Waals surface area contributed by atoms with E-state index in [2.05, 4.69) is 4.98 Å². The van der Waals surface area contributed by atoms with E-state index < -0.39 is 5.97 Å². The number of thiazole rings is 1. The zero-order valence-electron chi connectivity index (χ0n) is 10.4. The Bertz CT molecular complexity index is 419. The largest absolute Gasteiger partial charge is 0.480 e. The van der Waals surface area contributed by atoms with Gasteiger partial charge in [0.2, 0.25) is 0 Å². The minimum Gasteiger partial charge on any atom is -0.480 e. The van der Waals surface area contributed by atoms with Gasteiger partial charge in [0, 0.05) is 19.0 Å². The number of rotatable bonds is 7. The number of nitrogens with zero attached hydrogens (tertiary/aromatic N) is 2. The third-order valence-corrected chi connectivity index (χ3v) is 2.97. The maximum absolute atomic E-state index is 12.1. The van der Waals surface area contributed by atoms with Gasteiger partial charge in [0.25, 0.3) is 5.91 Å². The summed E-state index contributed by atoms with van der Waals surface area (Å²) < 4.78 is 4.92. The molecule has 0 unspecified atom stereocenters. The van der Waals surface area contributed by atoms with Crippen LogP contribution in [0.15, 0.2) is 5.38 Å². The number of carbonyl (C=O) groups excluding carboxylic acids is 1. The highest BCUT2D eigenvalue weighted by Crippen LogP contribution is 2.13. The van der Waals surface area contributed by atoms with Gasteiger partial charge in [-0.15, -0.1) is 11.3 Å². The van der Waals surface area contributed by atoms with Crippen LogP contribution in [0.2, 0.25) is 0 Å². The first-order chi connectivity index (χ1) is 8.58. The quantitative estimate of drug-likeness (QED) is 0.807. The lowest BCUT2D eigenvalue weighted by molar-refractivity contribution is -0.137. The molecule has 6 nitrogen and oxygen atoms in total. The fraction of sp³-hybridized carbons (Fsp3) is 0.545. The molecule has 0 aliphatic rings. The summed E-state index contributed by atoms with van der Waals surface area (Å²) in [7, 11) is 1.55. The van der Waals surface area contributed by atoms with Gasteiger partial charge in [-0.05, 0) is 6.42 Å². The van der Waals surface area contributed by atoms with Crippen molar-refractivity contribution in [3.05, 3.63) is 16.1 Å². The molecule has 18 heavy (non-hydrogen) atoms. The average molecular weight is 272 g/mol. The number of hydrogen-bond acceptors (Lipinski definition) is 5. The van der Waals surface area contributed by atoms with Crippen LogP contribution < -0.4 is 0 Å². The van der Waals surface area contributed by atoms with Gasteiger partial charge >= 0.3 is 5.97 Å². The van der Waals surface area contributed by atoms with E-state index in [0.717, 1.165) is 0 Å². The van der Waals surface area contributed by atoms with Gasteiger partial charge in [0.05, 0.1) is 6.61 Å². The standard InChI is InChI=1S/C11H16N2O4S/c1-3-4-13(5-10(14)15)11(16)8-7-18-9(12-8)6-17-2/h7H,3-6H2,1-2H3,(H,14,15). The van der Waals surface area contributed by atoms with Gasteiger partial charge < -0.3 is 14.7 Å². The van der Waals surface area contributed by atoms with Crippen molar-refractivity contribution in [1.82, 2.24) is 9.88 Å². The van der Waals surface area contributed by atoms with Crippen LogP contribution in [0.1, 0.15) is 28.8 Å². The number of aromatic nitrogens is 1. The highest BCUT2D eigenvalue weighted by Gasteiger charge is 2.20. The lowest BCUT2D eigenvalue weighted by Crippen LogP contribution is -2.36. The summed E-state index contributed by atoms with van der Waals surface area (Å²) in [5, 5.41) is 11.1. The molecule has 7 heteroatoms. The van der Waals surface area contributed by atoms with E-state index >= 15 is 0 Å². The van der Waals surface area contributed by atoms with Crippen molar-refractivity contribution >= 4 is 23.2 Å². The molecular formula is C11H16N2O4S. The highest BCUT2D eigenvalue weighted by atomic mass is 32.1. The zero-order chi connectivity index (χ0) is 13.5. The molecule has 1 N–H and O–H groups in total. The molecule has 1 heterocycles. The Labute approximate surface area is 109 Å². The predicted octanol–water partition coefficient (Wildman–Crippen LogP) is 1.23. The number of methoxy groups -OCH3 is 1. The van der Waals surface area contributed by atoms with Crippen LogP contribution in [0, 0.1) is 0 Å². The Morgan fingerprint density at radius 2 is 2.28 bits per heavy atom. The summed E-state index contributed by atoms with van der Waals surface area (Å²) in [6.45, 7) is 2.34. The van der Waals surface area contributed by atoms with Crippen molar-refractivity contribution < 1.29 is 19.4 Å². The lowest BCUT2D eigenvalue weighted by Gasteiger charge is -2.18. The first-order valence-corrected chi connectivity index (χ1v) is 6.40. The van der Waals surface area contributed by atoms with E-state index in [1.807, 2.05) is 6.92 Å². The summed E-state index contributed by atoms with van der Waals surface area (Å²) in [4.78, 5) is 28.2. The molecule has 0 aromatic carbocycles. The molecular weight excluding hydrogens is 256 g/mol. The van der Waals surface area contributed by atoms with Gasteiger partial charge in [-0.3, -0.25) is 9.59 Å². The van der Waals surface area contributed by atoms with Crippen LogP contribution >= 0.6 is 11.3 Å². The lowest BCUT2D eigenvalue weighted by atomic mass is 10.3. The smallest absolute Gasteiger partial charge is 0.323 e. The van der Waals surface area contributed by atoms with Crippen molar-refractivity contribution in [3.8, 4) is 0 Å². The molecule has 0 bridgehead atoms. The molecule has 1 amide bonds. The molecule has 0 saturated carbocycles. The summed E-state index contributed by atoms with van der Waals surface area (Å²) >= 11 is 1.33. The second-order valence-electron chi connectivity index (χ2n) is 3.68. The Morgan fingerprint density at radius 3 is 2.83 bits per heavy atom. The molecule has 1 aromatic heterocycles. The second kappa shape index (κ2) is 7.07. The van der Waals surface area contributed by atoms with Crippen molar-refractivity contribution in [3.63, 3.8) is 0 Å². The van der Waals surface area contributed by atoms with E-state index in [9.17, 15) is 9.59 Å². The van der Waals surface area contributed by atoms with Crippen LogP contribution in [0.25, 0.3) is 0 Å². The Kier molecular flexibility index (Phi) is 5.73. The third-order valence-electron chi connectivity index (χ3n) is 2.15. The van der Waals surface area contributed by atoms with E-state index in [0.29, 0.717) is 24.6 Å². The average Bonchev–Trinajstić information content (AvgIpc) is 2.76. The summed E-state index contributed by atoms with van der Waals surface area (Å²) in [6.07, 6.45) is 0.702. The van der Waals surface area contributed by atoms with Crippen LogP contribution in [-0.4, -0.2) is 47.1 Å². The van der Waals surface area contributed by atoms with Crippen LogP contribution in [0.4, 0.5) is 0 Å². The number of carboxylic acids is 1. The molecule has 100 valence electrons. The zero-order valence-corrected chi connectivity index (χ0v) is 11.2. The summed E-state index contributed by atoms with van der Waals surface area (Å²) in [5.41, 5.74) is 0.279. The van der Waals surface area contributed by atoms with Gasteiger partial charge in [0.1, 0.15) is 17.2 Å². The Morgan fingerprint density at radius 1 is 1.56 bits per heavy atom. The molecule has 0 atom stereocenters. The van der Waals surface area contributed by atoms with E-state index in [-0.39, 0.29) is 18.1 Å². The van der Waals surface area contributed by atoms with Crippen molar-refractivity contribution in [2.75, 3.05) is 20.2 Å². The fourth-order valence-corrected chi connectivity index (χ4v) is 2.18. The Balaban J connectivity index is 2.77. The maximum Gasteiger partial charge on any atom is 0.323 e. The number of carbonyl (C=O) groups is 2. The first kappa shape index (κ1) is 14.6. The normalized spacial score (nSPS) is 10.3. The van der Waals surface area contributed by atoms with Gasteiger partial charge in [0.15, 0.2) is 0 Å². The highest BCUT2D eigenvalue weighted by molar-refractivity contribution is 7.09. The number of carboxylic acid groups (broad SMARTS) is 1. The van der Waals surface area contributed by atoms with Crippen LogP contribution in [-0.2, 0) is 16.1 Å². The number of aliphatic carboxylic acids is 1. The Hall–Kier alpha value is -1.47. The van der Waals surface area contributed by atoms with Gasteiger partial charge in [-0.1, -0.05) is 6.92 Å². The molecule has 0 saturated heterocycles. The molecule has 0 radical (unpaired) electrons. The molecule has 0 spiro atoms. The molecule has 1 rings (SSSR count). The second-order valence-corrected chi connectivity index (χ2v) is 4.62. The van der Waals surface area contributed by atoms with Crippen molar-refractivity contribution in [1.29, 1.82) is 0 Å². The fourth-order valence-electron chi connectivity index (χ4n) is 1.45. The molecule has 0 fully saturated rings. The third kappa shape index (κ3) is 4.08. The van der Waals surface area contributed by atoms with E-state index in [1.165, 1.54) is 16.2 Å².